The molecule has 0 radical (unpaired) electrons. The molecule has 6 nitrogen and oxygen atoms in total. The second kappa shape index (κ2) is 7.67. The first kappa shape index (κ1) is 22.0. The molecule has 1 aromatic carbocycles. The Hall–Kier alpha value is -1.07. The van der Waals surface area contributed by atoms with Crippen molar-refractivity contribution in [3.8, 4) is 0 Å². The monoisotopic (exact) mass is 528 g/mol. The molecular weight excluding hydrogens is 521 g/mol. The van der Waals surface area contributed by atoms with Crippen molar-refractivity contribution in [3.63, 3.8) is 0 Å². The summed E-state index contributed by atoms with van der Waals surface area (Å²) in [6.45, 7) is 0. The third-order valence-electron chi connectivity index (χ3n) is 2.01. The maximum absolute atomic E-state index is 12.4. The Bertz CT molecular complexity index is 816. The normalized spacial score (nSPS) is 14.6. The zero-order chi connectivity index (χ0) is 19.5. The summed E-state index contributed by atoms with van der Waals surface area (Å²) in [5.74, 6) is 0. The first-order chi connectivity index (χ1) is 11.2. The summed E-state index contributed by atoms with van der Waals surface area (Å²) in [5.41, 5.74) is -11.5. The molecule has 1 rings (SSSR count). The molecule has 0 atom stereocenters. The van der Waals surface area contributed by atoms with E-state index in [2.05, 4.69) is 6.70 Å². The van der Waals surface area contributed by atoms with E-state index in [9.17, 15) is 43.2 Å². The summed E-state index contributed by atoms with van der Waals surface area (Å²) in [5, 5.41) is 0. The molecule has 0 aliphatic carbocycles. The fraction of sp³-hybridized carbons (Fsp3) is 0.200. The van der Waals surface area contributed by atoms with Gasteiger partial charge in [-0.15, -0.1) is 0 Å². The van der Waals surface area contributed by atoms with E-state index < -0.39 is 51.5 Å². The minimum absolute atomic E-state index is 0.0629. The van der Waals surface area contributed by atoms with Gasteiger partial charge in [0.2, 0.25) is 0 Å². The molecule has 0 saturated heterocycles. The van der Waals surface area contributed by atoms with E-state index in [1.54, 1.807) is 0 Å². The van der Waals surface area contributed by atoms with Gasteiger partial charge in [0.05, 0.1) is 0 Å². The van der Waals surface area contributed by atoms with Crippen LogP contribution >= 0.6 is 20.2 Å². The Morgan fingerprint density at radius 3 is 1.76 bits per heavy atom. The molecule has 0 aliphatic rings. The first-order valence-electron chi connectivity index (χ1n) is 5.58. The Morgan fingerprint density at radius 2 is 1.32 bits per heavy atom. The molecule has 0 saturated carbocycles. The Balaban J connectivity index is 3.12. The molecule has 144 valence electrons. The molecule has 0 spiro atoms. The van der Waals surface area contributed by atoms with Gasteiger partial charge in [0.1, 0.15) is 0 Å². The number of hydrogen-bond acceptors (Lipinski definition) is 6. The number of halogens is 7. The molecule has 15 heteroatoms. The van der Waals surface area contributed by atoms with Crippen LogP contribution in [-0.4, -0.2) is 27.9 Å². The summed E-state index contributed by atoms with van der Waals surface area (Å²) in [7, 11) is -12.1. The molecule has 0 aromatic heterocycles. The van der Waals surface area contributed by atoms with Crippen LogP contribution in [0.1, 0.15) is 0 Å². The van der Waals surface area contributed by atoms with Gasteiger partial charge in [0, 0.05) is 0 Å². The fourth-order valence-electron chi connectivity index (χ4n) is 0.989. The fourth-order valence-corrected chi connectivity index (χ4v) is 6.94. The molecule has 0 unspecified atom stereocenters. The average molecular weight is 528 g/mol. The van der Waals surface area contributed by atoms with Gasteiger partial charge in [0.25, 0.3) is 0 Å². The van der Waals surface area contributed by atoms with Crippen LogP contribution < -0.4 is 0 Å². The molecular formula is C10H7F6IO6S2. The van der Waals surface area contributed by atoms with E-state index in [0.717, 1.165) is 0 Å². The SMILES string of the molecule is O=S(=O)(OC=CI(OS(=O)(=O)C(F)(F)F)c1ccccc1)C(F)(F)F. The van der Waals surface area contributed by atoms with Crippen molar-refractivity contribution in [2.24, 2.45) is 0 Å². The van der Waals surface area contributed by atoms with Crippen molar-refractivity contribution in [3.05, 3.63) is 44.2 Å². The molecule has 1 aromatic rings. The second-order valence-corrected chi connectivity index (χ2v) is 11.5. The standard InChI is InChI=1S/C10H7F6IO6S2/c11-9(12,13)24(18,19)22-7-6-17(8-4-2-1-3-5-8)23-25(20,21)10(14,15)16/h1-7H. The van der Waals surface area contributed by atoms with Crippen LogP contribution in [0.4, 0.5) is 26.3 Å². The van der Waals surface area contributed by atoms with Crippen molar-refractivity contribution in [1.82, 2.24) is 0 Å². The van der Waals surface area contributed by atoms with E-state index in [-0.39, 0.29) is 9.83 Å². The Morgan fingerprint density at radius 1 is 0.840 bits per heavy atom. The summed E-state index contributed by atoms with van der Waals surface area (Å²) in [4.78, 5) is 0. The third kappa shape index (κ3) is 6.00. The molecule has 0 fully saturated rings. The van der Waals surface area contributed by atoms with E-state index >= 15 is 0 Å². The van der Waals surface area contributed by atoms with Gasteiger partial charge in [0.15, 0.2) is 0 Å². The maximum atomic E-state index is 12.4. The summed E-state index contributed by atoms with van der Waals surface area (Å²) in [6, 6.07) is 6.39. The zero-order valence-electron chi connectivity index (χ0n) is 11.5. The van der Waals surface area contributed by atoms with E-state index in [0.29, 0.717) is 4.08 Å². The first-order valence-corrected chi connectivity index (χ1v) is 11.6. The molecule has 0 heterocycles. The van der Waals surface area contributed by atoms with Gasteiger partial charge in [-0.05, 0) is 0 Å². The Labute approximate surface area is 145 Å². The van der Waals surface area contributed by atoms with Gasteiger partial charge in [-0.25, -0.2) is 0 Å². The van der Waals surface area contributed by atoms with E-state index in [4.69, 9.17) is 0 Å². The minimum atomic E-state index is -6.05. The predicted molar refractivity (Wildman–Crippen MR) is 80.4 cm³/mol. The van der Waals surface area contributed by atoms with Crippen LogP contribution in [0, 0.1) is 3.57 Å². The number of rotatable bonds is 6. The average Bonchev–Trinajstić information content (AvgIpc) is 2.44. The van der Waals surface area contributed by atoms with Crippen LogP contribution in [0.5, 0.6) is 0 Å². The van der Waals surface area contributed by atoms with Crippen LogP contribution in [0.15, 0.2) is 40.7 Å². The molecule has 25 heavy (non-hydrogen) atoms. The van der Waals surface area contributed by atoms with Crippen LogP contribution in [0.3, 0.4) is 0 Å². The van der Waals surface area contributed by atoms with Crippen molar-refractivity contribution < 1.29 is 49.9 Å². The number of hydrogen-bond donors (Lipinski definition) is 0. The molecule has 0 N–H and O–H groups in total. The molecule has 0 amide bonds. The van der Waals surface area contributed by atoms with Crippen LogP contribution in [0.2, 0.25) is 0 Å². The van der Waals surface area contributed by atoms with Gasteiger partial charge in [-0.1, -0.05) is 0 Å². The Kier molecular flexibility index (Phi) is 6.74. The van der Waals surface area contributed by atoms with Gasteiger partial charge >= 0.3 is 146 Å². The predicted octanol–water partition coefficient (Wildman–Crippen LogP) is 3.48. The number of benzene rings is 1. The van der Waals surface area contributed by atoms with Crippen molar-refractivity contribution in [2.75, 3.05) is 0 Å². The van der Waals surface area contributed by atoms with Crippen molar-refractivity contribution in [2.45, 2.75) is 11.0 Å². The topological polar surface area (TPSA) is 86.7 Å². The summed E-state index contributed by atoms with van der Waals surface area (Å²) in [6.07, 6.45) is -0.0629. The van der Waals surface area contributed by atoms with Gasteiger partial charge in [-0.2, -0.15) is 0 Å². The van der Waals surface area contributed by atoms with Gasteiger partial charge in [-0.3, -0.25) is 0 Å². The molecule has 0 bridgehead atoms. The second-order valence-electron chi connectivity index (χ2n) is 3.79. The van der Waals surface area contributed by atoms with Gasteiger partial charge < -0.3 is 0 Å². The van der Waals surface area contributed by atoms with E-state index in [1.165, 1.54) is 30.3 Å². The quantitative estimate of drug-likeness (QED) is 0.185. The van der Waals surface area contributed by atoms with Crippen LogP contribution in [-0.2, 0) is 26.9 Å². The third-order valence-corrected chi connectivity index (χ3v) is 9.29. The van der Waals surface area contributed by atoms with Crippen LogP contribution in [0.25, 0.3) is 0 Å². The summed E-state index contributed by atoms with van der Waals surface area (Å²) < 4.78 is 125. The van der Waals surface area contributed by atoms with E-state index in [1.807, 2.05) is 0 Å². The number of alkyl halides is 6. The summed E-state index contributed by atoms with van der Waals surface area (Å²) >= 11 is -3.91. The van der Waals surface area contributed by atoms with Crippen molar-refractivity contribution >= 4 is 40.5 Å². The molecule has 0 aliphatic heterocycles. The zero-order valence-corrected chi connectivity index (χ0v) is 15.2. The van der Waals surface area contributed by atoms with Crippen molar-refractivity contribution in [1.29, 1.82) is 0 Å².